The Morgan fingerprint density at radius 2 is 2.14 bits per heavy atom. The van der Waals surface area contributed by atoms with Crippen LogP contribution in [0, 0.1) is 0 Å². The van der Waals surface area contributed by atoms with Crippen LogP contribution in [0.5, 0.6) is 5.75 Å². The number of benzene rings is 1. The largest absolute Gasteiger partial charge is 0.495 e. The summed E-state index contributed by atoms with van der Waals surface area (Å²) >= 11 is 0. The second-order valence-electron chi connectivity index (χ2n) is 5.33. The van der Waals surface area contributed by atoms with E-state index in [4.69, 9.17) is 15.6 Å². The molecular weight excluding hydrogens is 367 g/mol. The highest BCUT2D eigenvalue weighted by molar-refractivity contribution is 5.96. The molecule has 0 saturated heterocycles. The van der Waals surface area contributed by atoms with Gasteiger partial charge in [-0.05, 0) is 42.3 Å². The first-order valence-corrected chi connectivity index (χ1v) is 8.21. The second kappa shape index (κ2) is 12.0. The zero-order valence-corrected chi connectivity index (χ0v) is 15.6. The molecule has 0 aromatic heterocycles. The number of aliphatic hydroxyl groups is 1. The van der Waals surface area contributed by atoms with Crippen molar-refractivity contribution < 1.29 is 23.8 Å². The molecular formula is C19H23FN4O4. The number of amides is 2. The van der Waals surface area contributed by atoms with Crippen molar-refractivity contribution in [1.29, 1.82) is 0 Å². The third-order valence-corrected chi connectivity index (χ3v) is 3.40. The number of nitrogens with one attached hydrogen (secondary N) is 2. The highest BCUT2D eigenvalue weighted by atomic mass is 19.1. The molecule has 1 aromatic carbocycles. The van der Waals surface area contributed by atoms with Crippen molar-refractivity contribution in [3.8, 4) is 5.75 Å². The van der Waals surface area contributed by atoms with Crippen molar-refractivity contribution in [2.45, 2.75) is 6.42 Å². The summed E-state index contributed by atoms with van der Waals surface area (Å²) in [6.45, 7) is -0.284. The molecule has 0 unspecified atom stereocenters. The van der Waals surface area contributed by atoms with E-state index < -0.39 is 17.6 Å². The number of rotatable bonds is 6. The number of carbonyl (C=O) groups excluding carboxylic acids is 2. The Hall–Kier alpha value is -3.46. The van der Waals surface area contributed by atoms with Crippen LogP contribution < -0.4 is 21.2 Å². The van der Waals surface area contributed by atoms with Crippen molar-refractivity contribution in [2.24, 2.45) is 5.10 Å². The minimum Gasteiger partial charge on any atom is -0.495 e. The third-order valence-electron chi connectivity index (χ3n) is 3.40. The van der Waals surface area contributed by atoms with E-state index in [1.807, 2.05) is 0 Å². The van der Waals surface area contributed by atoms with E-state index in [2.05, 4.69) is 15.8 Å². The summed E-state index contributed by atoms with van der Waals surface area (Å²) in [5, 5.41) is 13.2. The molecule has 1 aliphatic rings. The number of hydrogen-bond acceptors (Lipinski definition) is 6. The van der Waals surface area contributed by atoms with Crippen LogP contribution in [0.1, 0.15) is 12.0 Å². The molecule has 150 valence electrons. The maximum Gasteiger partial charge on any atom is 0.259 e. The van der Waals surface area contributed by atoms with Gasteiger partial charge in [-0.2, -0.15) is 5.10 Å². The molecule has 2 amide bonds. The number of carbonyl (C=O) groups is 2. The summed E-state index contributed by atoms with van der Waals surface area (Å²) in [5.41, 5.74) is 9.41. The van der Waals surface area contributed by atoms with Gasteiger partial charge in [-0.15, -0.1) is 0 Å². The Balaban J connectivity index is 0.00000190. The van der Waals surface area contributed by atoms with E-state index >= 15 is 0 Å². The monoisotopic (exact) mass is 390 g/mol. The lowest BCUT2D eigenvalue weighted by Gasteiger charge is -2.06. The molecule has 0 spiro atoms. The van der Waals surface area contributed by atoms with Crippen LogP contribution in [0.4, 0.5) is 10.1 Å². The molecule has 0 heterocycles. The molecule has 5 N–H and O–H groups in total. The van der Waals surface area contributed by atoms with Crippen LogP contribution in [0.2, 0.25) is 0 Å². The standard InChI is InChI=1S/C18H19FN4O3.CH4O/c1-26-16-7-6-12(8-15(16)20)10-22-23-17(24)11-21-18(25)13-4-2-3-5-14(19)9-13;1-2/h2-3,5-10H,4,11,20H2,1H3,(H,21,25)(H,23,24);2H,1H3/b22-10+;. The van der Waals surface area contributed by atoms with Crippen molar-refractivity contribution in [1.82, 2.24) is 10.7 Å². The van der Waals surface area contributed by atoms with Gasteiger partial charge in [0.25, 0.3) is 5.91 Å². The summed E-state index contributed by atoms with van der Waals surface area (Å²) in [5.74, 6) is -1.00. The van der Waals surface area contributed by atoms with Crippen LogP contribution in [-0.4, -0.2) is 43.9 Å². The van der Waals surface area contributed by atoms with E-state index in [-0.39, 0.29) is 18.5 Å². The van der Waals surface area contributed by atoms with Gasteiger partial charge in [-0.3, -0.25) is 9.59 Å². The van der Waals surface area contributed by atoms with Crippen LogP contribution in [-0.2, 0) is 9.59 Å². The molecule has 1 aromatic rings. The Bertz CT molecular complexity index is 816. The zero-order chi connectivity index (χ0) is 20.9. The first-order chi connectivity index (χ1) is 13.5. The van der Waals surface area contributed by atoms with Crippen LogP contribution >= 0.6 is 0 Å². The first-order valence-electron chi connectivity index (χ1n) is 8.21. The first kappa shape index (κ1) is 22.6. The third kappa shape index (κ3) is 7.42. The molecule has 0 atom stereocenters. The number of nitrogens with zero attached hydrogens (tertiary/aromatic N) is 1. The van der Waals surface area contributed by atoms with Crippen molar-refractivity contribution in [2.75, 3.05) is 26.5 Å². The number of hydrazone groups is 1. The summed E-state index contributed by atoms with van der Waals surface area (Å²) in [6, 6.07) is 5.05. The molecule has 1 aliphatic carbocycles. The molecule has 0 bridgehead atoms. The van der Waals surface area contributed by atoms with E-state index in [0.717, 1.165) is 13.2 Å². The highest BCUT2D eigenvalue weighted by Gasteiger charge is 2.11. The van der Waals surface area contributed by atoms with E-state index in [1.54, 1.807) is 24.3 Å². The van der Waals surface area contributed by atoms with Gasteiger partial charge in [0.1, 0.15) is 11.6 Å². The number of aliphatic hydroxyl groups excluding tert-OH is 1. The average Bonchev–Trinajstić information content (AvgIpc) is 2.92. The number of nitrogens with two attached hydrogens (primary N) is 1. The number of hydrogen-bond donors (Lipinski definition) is 4. The van der Waals surface area contributed by atoms with Gasteiger partial charge in [0, 0.05) is 12.7 Å². The summed E-state index contributed by atoms with van der Waals surface area (Å²) in [6.07, 6.45) is 7.28. The van der Waals surface area contributed by atoms with Gasteiger partial charge < -0.3 is 20.9 Å². The molecule has 8 nitrogen and oxygen atoms in total. The fraction of sp³-hybridized carbons (Fsp3) is 0.211. The normalized spacial score (nSPS) is 12.9. The second-order valence-corrected chi connectivity index (χ2v) is 5.33. The smallest absolute Gasteiger partial charge is 0.259 e. The van der Waals surface area contributed by atoms with Gasteiger partial charge in [0.2, 0.25) is 5.91 Å². The maximum absolute atomic E-state index is 13.3. The van der Waals surface area contributed by atoms with Crippen molar-refractivity contribution >= 4 is 23.7 Å². The lowest BCUT2D eigenvalue weighted by atomic mass is 10.1. The minimum atomic E-state index is -0.517. The summed E-state index contributed by atoms with van der Waals surface area (Å²) in [7, 11) is 2.51. The molecule has 0 radical (unpaired) electrons. The number of halogens is 1. The molecule has 0 aliphatic heterocycles. The quantitative estimate of drug-likeness (QED) is 0.330. The predicted octanol–water partition coefficient (Wildman–Crippen LogP) is 1.19. The maximum atomic E-state index is 13.3. The van der Waals surface area contributed by atoms with Crippen molar-refractivity contribution in [3.05, 3.63) is 59.5 Å². The van der Waals surface area contributed by atoms with E-state index in [1.165, 1.54) is 25.5 Å². The number of nitrogen functional groups attached to an aromatic ring is 1. The molecule has 0 fully saturated rings. The van der Waals surface area contributed by atoms with Gasteiger partial charge in [0.15, 0.2) is 0 Å². The van der Waals surface area contributed by atoms with Crippen LogP contribution in [0.3, 0.4) is 0 Å². The highest BCUT2D eigenvalue weighted by Crippen LogP contribution is 2.20. The van der Waals surface area contributed by atoms with Gasteiger partial charge in [-0.25, -0.2) is 9.82 Å². The SMILES string of the molecule is CO.COc1ccc(/C=N/NC(=O)CNC(=O)C2=CC(F)=CC=CC2)cc1N. The number of methoxy groups -OCH3 is 1. The fourth-order valence-electron chi connectivity index (χ4n) is 2.11. The summed E-state index contributed by atoms with van der Waals surface area (Å²) in [4.78, 5) is 23.7. The molecule has 2 rings (SSSR count). The Kier molecular flexibility index (Phi) is 9.70. The van der Waals surface area contributed by atoms with Gasteiger partial charge in [-0.1, -0.05) is 12.2 Å². The number of anilines is 1. The predicted molar refractivity (Wildman–Crippen MR) is 105 cm³/mol. The minimum absolute atomic E-state index is 0.234. The van der Waals surface area contributed by atoms with E-state index in [9.17, 15) is 14.0 Å². The van der Waals surface area contributed by atoms with Gasteiger partial charge in [0.05, 0.1) is 25.6 Å². The molecule has 0 saturated carbocycles. The Morgan fingerprint density at radius 3 is 2.82 bits per heavy atom. The lowest BCUT2D eigenvalue weighted by Crippen LogP contribution is -2.35. The van der Waals surface area contributed by atoms with Crippen LogP contribution in [0.15, 0.2) is 59.0 Å². The number of ether oxygens (including phenoxy) is 1. The number of allylic oxidation sites excluding steroid dienone is 5. The zero-order valence-electron chi connectivity index (χ0n) is 15.6. The van der Waals surface area contributed by atoms with Crippen LogP contribution in [0.25, 0.3) is 0 Å². The Morgan fingerprint density at radius 1 is 1.39 bits per heavy atom. The lowest BCUT2D eigenvalue weighted by molar-refractivity contribution is -0.124. The summed E-state index contributed by atoms with van der Waals surface area (Å²) < 4.78 is 18.3. The molecule has 9 heteroatoms. The Labute approximate surface area is 162 Å². The van der Waals surface area contributed by atoms with Crippen molar-refractivity contribution in [3.63, 3.8) is 0 Å². The van der Waals surface area contributed by atoms with E-state index in [0.29, 0.717) is 17.0 Å². The van der Waals surface area contributed by atoms with Gasteiger partial charge >= 0.3 is 0 Å². The fourth-order valence-corrected chi connectivity index (χ4v) is 2.11. The average molecular weight is 390 g/mol. The topological polar surface area (TPSA) is 126 Å². The molecule has 28 heavy (non-hydrogen) atoms.